The van der Waals surface area contributed by atoms with Crippen molar-refractivity contribution in [2.75, 3.05) is 38.7 Å². The Morgan fingerprint density at radius 2 is 1.94 bits per heavy atom. The molecule has 0 bridgehead atoms. The molecular weight excluding hydrogens is 426 g/mol. The van der Waals surface area contributed by atoms with E-state index in [1.807, 2.05) is 0 Å². The number of nitro benzene ring substituents is 1. The van der Waals surface area contributed by atoms with Gasteiger partial charge < -0.3 is 14.8 Å². The van der Waals surface area contributed by atoms with Crippen molar-refractivity contribution in [3.8, 4) is 5.75 Å². The van der Waals surface area contributed by atoms with E-state index < -0.39 is 20.9 Å². The predicted molar refractivity (Wildman–Crippen MR) is 113 cm³/mol. The topological polar surface area (TPSA) is 128 Å². The minimum Gasteiger partial charge on any atom is -0.495 e. The molecule has 1 fully saturated rings. The first-order valence-corrected chi connectivity index (χ1v) is 10.8. The minimum absolute atomic E-state index is 0.00757. The lowest BCUT2D eigenvalue weighted by molar-refractivity contribution is -0.385. The maximum atomic E-state index is 12.9. The summed E-state index contributed by atoms with van der Waals surface area (Å²) in [7, 11) is -2.37. The van der Waals surface area contributed by atoms with Crippen LogP contribution in [0.2, 0.25) is 0 Å². The van der Waals surface area contributed by atoms with Crippen LogP contribution < -0.4 is 10.1 Å². The van der Waals surface area contributed by atoms with Crippen molar-refractivity contribution in [2.24, 2.45) is 0 Å². The lowest BCUT2D eigenvalue weighted by atomic mass is 10.1. The van der Waals surface area contributed by atoms with Gasteiger partial charge in [-0.25, -0.2) is 8.42 Å². The number of sulfonamides is 1. The van der Waals surface area contributed by atoms with E-state index in [2.05, 4.69) is 5.32 Å². The van der Waals surface area contributed by atoms with Gasteiger partial charge in [-0.05, 0) is 30.3 Å². The Kier molecular flexibility index (Phi) is 7.00. The summed E-state index contributed by atoms with van der Waals surface area (Å²) in [4.78, 5) is 23.0. The average Bonchev–Trinajstić information content (AvgIpc) is 2.78. The maximum absolute atomic E-state index is 12.9. The second-order valence-corrected chi connectivity index (χ2v) is 8.45. The summed E-state index contributed by atoms with van der Waals surface area (Å²) in [5, 5.41) is 13.7. The van der Waals surface area contributed by atoms with Crippen molar-refractivity contribution in [3.05, 3.63) is 64.2 Å². The molecule has 1 aliphatic heterocycles. The number of hydrogen-bond acceptors (Lipinski definition) is 7. The average molecular weight is 447 g/mol. The van der Waals surface area contributed by atoms with Crippen LogP contribution >= 0.6 is 0 Å². The summed E-state index contributed by atoms with van der Waals surface area (Å²) in [6.07, 6.45) is 2.44. The molecule has 0 unspecified atom stereocenters. The van der Waals surface area contributed by atoms with Gasteiger partial charge >= 0.3 is 0 Å². The molecule has 0 saturated carbocycles. The van der Waals surface area contributed by atoms with Gasteiger partial charge in [0, 0.05) is 25.2 Å². The predicted octanol–water partition coefficient (Wildman–Crippen LogP) is 2.28. The van der Waals surface area contributed by atoms with Crippen LogP contribution in [0.5, 0.6) is 5.75 Å². The Balaban J connectivity index is 1.83. The molecule has 2 aromatic rings. The second kappa shape index (κ2) is 9.69. The Labute approximate surface area is 179 Å². The van der Waals surface area contributed by atoms with Gasteiger partial charge in [-0.3, -0.25) is 14.9 Å². The Bertz CT molecular complexity index is 1110. The van der Waals surface area contributed by atoms with Crippen molar-refractivity contribution in [1.29, 1.82) is 0 Å². The zero-order valence-corrected chi connectivity index (χ0v) is 17.5. The molecular formula is C20H21N3O7S. The number of carbonyl (C=O) groups excluding carboxylic acids is 1. The lowest BCUT2D eigenvalue weighted by Gasteiger charge is -2.26. The Morgan fingerprint density at radius 3 is 2.61 bits per heavy atom. The van der Waals surface area contributed by atoms with Crippen LogP contribution in [0.25, 0.3) is 6.08 Å². The second-order valence-electron chi connectivity index (χ2n) is 6.52. The fourth-order valence-corrected chi connectivity index (χ4v) is 4.45. The molecule has 3 rings (SSSR count). The number of para-hydroxylation sites is 1. The first kappa shape index (κ1) is 22.4. The highest BCUT2D eigenvalue weighted by molar-refractivity contribution is 7.89. The standard InChI is InChI=1S/C20H21N3O7S/c1-29-19-8-7-16(31(27,28)22-10-12-30-13-11-22)14-17(19)21-20(24)9-6-15-4-2-3-5-18(15)23(25)26/h2-9,14H,10-13H2,1H3,(H,21,24)/b9-6+. The third-order valence-corrected chi connectivity index (χ3v) is 6.48. The van der Waals surface area contributed by atoms with Crippen LogP contribution in [0, 0.1) is 10.1 Å². The van der Waals surface area contributed by atoms with Gasteiger partial charge in [-0.2, -0.15) is 4.31 Å². The monoisotopic (exact) mass is 447 g/mol. The van der Waals surface area contributed by atoms with Gasteiger partial charge in [-0.1, -0.05) is 12.1 Å². The first-order chi connectivity index (χ1) is 14.8. The van der Waals surface area contributed by atoms with E-state index in [9.17, 15) is 23.3 Å². The zero-order valence-electron chi connectivity index (χ0n) is 16.7. The molecule has 164 valence electrons. The molecule has 1 amide bonds. The quantitative estimate of drug-likeness (QED) is 0.392. The molecule has 1 aliphatic rings. The summed E-state index contributed by atoms with van der Waals surface area (Å²) < 4.78 is 37.5. The molecule has 1 heterocycles. The number of carbonyl (C=O) groups is 1. The number of anilines is 1. The number of morpholine rings is 1. The van der Waals surface area contributed by atoms with Crippen LogP contribution in [-0.2, 0) is 19.6 Å². The number of hydrogen-bond donors (Lipinski definition) is 1. The highest BCUT2D eigenvalue weighted by Crippen LogP contribution is 2.29. The van der Waals surface area contributed by atoms with Gasteiger partial charge in [0.25, 0.3) is 5.69 Å². The molecule has 31 heavy (non-hydrogen) atoms. The lowest BCUT2D eigenvalue weighted by Crippen LogP contribution is -2.40. The van der Waals surface area contributed by atoms with Gasteiger partial charge in [0.05, 0.1) is 41.4 Å². The van der Waals surface area contributed by atoms with E-state index in [1.165, 1.54) is 53.9 Å². The van der Waals surface area contributed by atoms with Crippen molar-refractivity contribution < 1.29 is 27.6 Å². The fraction of sp³-hybridized carbons (Fsp3) is 0.250. The first-order valence-electron chi connectivity index (χ1n) is 9.31. The Hall–Kier alpha value is -3.28. The third kappa shape index (κ3) is 5.26. The highest BCUT2D eigenvalue weighted by Gasteiger charge is 2.27. The number of nitrogens with one attached hydrogen (secondary N) is 1. The molecule has 0 spiro atoms. The molecule has 10 nitrogen and oxygen atoms in total. The van der Waals surface area contributed by atoms with E-state index in [4.69, 9.17) is 9.47 Å². The molecule has 2 aromatic carbocycles. The van der Waals surface area contributed by atoms with E-state index in [1.54, 1.807) is 6.07 Å². The molecule has 0 aliphatic carbocycles. The maximum Gasteiger partial charge on any atom is 0.276 e. The van der Waals surface area contributed by atoms with Crippen molar-refractivity contribution in [2.45, 2.75) is 4.90 Å². The minimum atomic E-state index is -3.76. The smallest absolute Gasteiger partial charge is 0.276 e. The SMILES string of the molecule is COc1ccc(S(=O)(=O)N2CCOCC2)cc1NC(=O)/C=C/c1ccccc1[N+](=O)[O-]. The number of nitro groups is 1. The van der Waals surface area contributed by atoms with Crippen LogP contribution in [0.15, 0.2) is 53.4 Å². The molecule has 0 radical (unpaired) electrons. The van der Waals surface area contributed by atoms with Crippen molar-refractivity contribution >= 4 is 33.4 Å². The van der Waals surface area contributed by atoms with Gasteiger partial charge in [0.15, 0.2) is 0 Å². The van der Waals surface area contributed by atoms with Crippen LogP contribution in [0.3, 0.4) is 0 Å². The summed E-state index contributed by atoms with van der Waals surface area (Å²) in [5.74, 6) is -0.328. The number of ether oxygens (including phenoxy) is 2. The molecule has 0 atom stereocenters. The number of methoxy groups -OCH3 is 1. The molecule has 1 saturated heterocycles. The summed E-state index contributed by atoms with van der Waals surface area (Å²) >= 11 is 0. The van der Waals surface area contributed by atoms with Gasteiger partial charge in [0.1, 0.15) is 5.75 Å². The normalized spacial score (nSPS) is 15.0. The zero-order chi connectivity index (χ0) is 22.4. The van der Waals surface area contributed by atoms with Crippen LogP contribution in [-0.4, -0.2) is 57.0 Å². The van der Waals surface area contributed by atoms with Crippen molar-refractivity contribution in [3.63, 3.8) is 0 Å². The largest absolute Gasteiger partial charge is 0.495 e. The fourth-order valence-electron chi connectivity index (χ4n) is 3.02. The number of amides is 1. The Morgan fingerprint density at radius 1 is 1.23 bits per heavy atom. The van der Waals surface area contributed by atoms with Gasteiger partial charge in [-0.15, -0.1) is 0 Å². The summed E-state index contributed by atoms with van der Waals surface area (Å²) in [6, 6.07) is 10.2. The summed E-state index contributed by atoms with van der Waals surface area (Å²) in [5.41, 5.74) is 0.287. The summed E-state index contributed by atoms with van der Waals surface area (Å²) in [6.45, 7) is 1.12. The van der Waals surface area contributed by atoms with E-state index in [0.717, 1.165) is 6.08 Å². The van der Waals surface area contributed by atoms with Crippen molar-refractivity contribution in [1.82, 2.24) is 4.31 Å². The number of rotatable bonds is 7. The van der Waals surface area contributed by atoms with E-state index >= 15 is 0 Å². The molecule has 11 heteroatoms. The molecule has 1 N–H and O–H groups in total. The van der Waals surface area contributed by atoms with Crippen LogP contribution in [0.4, 0.5) is 11.4 Å². The number of benzene rings is 2. The van der Waals surface area contributed by atoms with E-state index in [0.29, 0.717) is 13.2 Å². The highest BCUT2D eigenvalue weighted by atomic mass is 32.2. The number of nitrogens with zero attached hydrogens (tertiary/aromatic N) is 2. The van der Waals surface area contributed by atoms with E-state index in [-0.39, 0.29) is 40.7 Å². The third-order valence-electron chi connectivity index (χ3n) is 4.58. The molecule has 0 aromatic heterocycles. The van der Waals surface area contributed by atoms with Gasteiger partial charge in [0.2, 0.25) is 15.9 Å². The van der Waals surface area contributed by atoms with Crippen LogP contribution in [0.1, 0.15) is 5.56 Å².